The highest BCUT2D eigenvalue weighted by molar-refractivity contribution is 6.00. The standard InChI is InChI=1S/C27H31N3O4/c1-30-13-12-24(17-30)34-23-10-8-20(9-11-23)25(27(31)32-2)15-18-4-5-19-6-7-21(16-22(19)14-18)26(28)29-33-3/h4-11,14,16,24-25H,12-13,15,17H2,1-3H3,(H2,28,29). The molecule has 0 aromatic heterocycles. The molecule has 1 fully saturated rings. The molecule has 7 heteroatoms. The molecule has 2 unspecified atom stereocenters. The van der Waals surface area contributed by atoms with Crippen LogP contribution in [0.25, 0.3) is 10.8 Å². The number of ether oxygens (including phenoxy) is 2. The molecule has 1 aliphatic heterocycles. The van der Waals surface area contributed by atoms with Crippen molar-refractivity contribution in [1.82, 2.24) is 4.90 Å². The molecule has 0 aliphatic carbocycles. The highest BCUT2D eigenvalue weighted by atomic mass is 16.6. The lowest BCUT2D eigenvalue weighted by Crippen LogP contribution is -2.21. The Morgan fingerprint density at radius 1 is 1.09 bits per heavy atom. The maximum Gasteiger partial charge on any atom is 0.313 e. The van der Waals surface area contributed by atoms with Gasteiger partial charge in [-0.3, -0.25) is 4.79 Å². The summed E-state index contributed by atoms with van der Waals surface area (Å²) in [6.45, 7) is 1.98. The molecule has 0 bridgehead atoms. The van der Waals surface area contributed by atoms with Crippen molar-refractivity contribution < 1.29 is 19.1 Å². The molecule has 34 heavy (non-hydrogen) atoms. The largest absolute Gasteiger partial charge is 0.489 e. The van der Waals surface area contributed by atoms with Gasteiger partial charge in [-0.05, 0) is 60.0 Å². The number of carbonyl (C=O) groups excluding carboxylic acids is 1. The van der Waals surface area contributed by atoms with Gasteiger partial charge in [-0.1, -0.05) is 47.6 Å². The lowest BCUT2D eigenvalue weighted by molar-refractivity contribution is -0.142. The molecule has 2 atom stereocenters. The first-order valence-corrected chi connectivity index (χ1v) is 11.4. The average Bonchev–Trinajstić information content (AvgIpc) is 3.26. The van der Waals surface area contributed by atoms with Crippen molar-refractivity contribution in [2.45, 2.75) is 24.9 Å². The average molecular weight is 462 g/mol. The number of rotatable bonds is 8. The van der Waals surface area contributed by atoms with Gasteiger partial charge in [0.05, 0.1) is 13.0 Å². The fraction of sp³-hybridized carbons (Fsp3) is 0.333. The van der Waals surface area contributed by atoms with E-state index in [1.807, 2.05) is 54.6 Å². The van der Waals surface area contributed by atoms with E-state index in [4.69, 9.17) is 20.0 Å². The van der Waals surface area contributed by atoms with Gasteiger partial charge in [-0.25, -0.2) is 0 Å². The third-order valence-electron chi connectivity index (χ3n) is 6.25. The van der Waals surface area contributed by atoms with Crippen LogP contribution in [-0.4, -0.2) is 57.2 Å². The summed E-state index contributed by atoms with van der Waals surface area (Å²) < 4.78 is 11.2. The normalized spacial score (nSPS) is 17.5. The molecule has 0 radical (unpaired) electrons. The summed E-state index contributed by atoms with van der Waals surface area (Å²) in [5.74, 6) is 0.448. The van der Waals surface area contributed by atoms with Crippen molar-refractivity contribution >= 4 is 22.6 Å². The molecule has 3 aromatic carbocycles. The number of fused-ring (bicyclic) bond motifs is 1. The van der Waals surface area contributed by atoms with Gasteiger partial charge < -0.3 is 24.9 Å². The molecule has 1 aliphatic rings. The van der Waals surface area contributed by atoms with Crippen LogP contribution in [0.5, 0.6) is 5.75 Å². The van der Waals surface area contributed by atoms with Gasteiger partial charge >= 0.3 is 5.97 Å². The van der Waals surface area contributed by atoms with E-state index in [2.05, 4.69) is 23.2 Å². The quantitative estimate of drug-likeness (QED) is 0.238. The fourth-order valence-electron chi connectivity index (χ4n) is 4.41. The Kier molecular flexibility index (Phi) is 7.33. The predicted molar refractivity (Wildman–Crippen MR) is 133 cm³/mol. The SMILES string of the molecule is CO/N=C(\N)c1ccc2ccc(CC(C(=O)OC)c3ccc(OC4CCN(C)C4)cc3)cc2c1. The molecular weight excluding hydrogens is 430 g/mol. The van der Waals surface area contributed by atoms with Gasteiger partial charge in [0.25, 0.3) is 0 Å². The Labute approximate surface area is 200 Å². The van der Waals surface area contributed by atoms with Gasteiger partial charge in [0.15, 0.2) is 5.84 Å². The summed E-state index contributed by atoms with van der Waals surface area (Å²) in [5.41, 5.74) is 8.67. The minimum absolute atomic E-state index is 0.206. The van der Waals surface area contributed by atoms with Crippen LogP contribution < -0.4 is 10.5 Å². The number of esters is 1. The van der Waals surface area contributed by atoms with Gasteiger partial charge in [0, 0.05) is 18.7 Å². The minimum atomic E-state index is -0.419. The van der Waals surface area contributed by atoms with Crippen LogP contribution in [0.4, 0.5) is 0 Å². The summed E-state index contributed by atoms with van der Waals surface area (Å²) in [7, 11) is 4.99. The van der Waals surface area contributed by atoms with Crippen molar-refractivity contribution in [2.75, 3.05) is 34.4 Å². The number of carbonyl (C=O) groups is 1. The summed E-state index contributed by atoms with van der Waals surface area (Å²) in [4.78, 5) is 19.7. The van der Waals surface area contributed by atoms with E-state index in [-0.39, 0.29) is 12.1 Å². The van der Waals surface area contributed by atoms with E-state index in [0.717, 1.165) is 52.7 Å². The number of likely N-dealkylation sites (N-methyl/N-ethyl adjacent to an activating group) is 1. The van der Waals surface area contributed by atoms with Crippen molar-refractivity contribution in [1.29, 1.82) is 0 Å². The van der Waals surface area contributed by atoms with Gasteiger partial charge in [-0.15, -0.1) is 0 Å². The summed E-state index contributed by atoms with van der Waals surface area (Å²) in [6.07, 6.45) is 1.75. The Morgan fingerprint density at radius 3 is 2.53 bits per heavy atom. The molecule has 3 aromatic rings. The predicted octanol–water partition coefficient (Wildman–Crippen LogP) is 3.69. The zero-order valence-corrected chi connectivity index (χ0v) is 19.9. The second-order valence-corrected chi connectivity index (χ2v) is 8.70. The number of benzene rings is 3. The van der Waals surface area contributed by atoms with Crippen LogP contribution in [0, 0.1) is 0 Å². The van der Waals surface area contributed by atoms with Gasteiger partial charge in [-0.2, -0.15) is 0 Å². The lowest BCUT2D eigenvalue weighted by Gasteiger charge is -2.18. The monoisotopic (exact) mass is 461 g/mol. The second kappa shape index (κ2) is 10.6. The number of nitrogens with two attached hydrogens (primary N) is 1. The highest BCUT2D eigenvalue weighted by Gasteiger charge is 2.24. The Balaban J connectivity index is 1.55. The van der Waals surface area contributed by atoms with E-state index in [1.165, 1.54) is 14.2 Å². The number of hydrogen-bond donors (Lipinski definition) is 1. The molecule has 7 nitrogen and oxygen atoms in total. The van der Waals surface area contributed by atoms with Crippen molar-refractivity contribution in [3.8, 4) is 5.75 Å². The van der Waals surface area contributed by atoms with E-state index < -0.39 is 5.92 Å². The number of amidine groups is 1. The third-order valence-corrected chi connectivity index (χ3v) is 6.25. The lowest BCUT2D eigenvalue weighted by atomic mass is 9.91. The van der Waals surface area contributed by atoms with E-state index in [0.29, 0.717) is 12.3 Å². The molecule has 0 saturated carbocycles. The summed E-state index contributed by atoms with van der Waals surface area (Å²) >= 11 is 0. The van der Waals surface area contributed by atoms with Crippen LogP contribution in [0.1, 0.15) is 29.0 Å². The van der Waals surface area contributed by atoms with Gasteiger partial charge in [0.1, 0.15) is 19.0 Å². The number of nitrogens with zero attached hydrogens (tertiary/aromatic N) is 2. The molecule has 2 N–H and O–H groups in total. The Morgan fingerprint density at radius 2 is 1.85 bits per heavy atom. The van der Waals surface area contributed by atoms with Crippen LogP contribution in [0.15, 0.2) is 65.8 Å². The third kappa shape index (κ3) is 5.48. The molecule has 1 saturated heterocycles. The smallest absolute Gasteiger partial charge is 0.313 e. The molecule has 178 valence electrons. The van der Waals surface area contributed by atoms with E-state index >= 15 is 0 Å². The van der Waals surface area contributed by atoms with Crippen molar-refractivity contribution in [3.05, 3.63) is 77.4 Å². The Bertz CT molecular complexity index is 1180. The first-order valence-electron chi connectivity index (χ1n) is 11.4. The van der Waals surface area contributed by atoms with Gasteiger partial charge in [0.2, 0.25) is 0 Å². The van der Waals surface area contributed by atoms with Crippen LogP contribution >= 0.6 is 0 Å². The number of methoxy groups -OCH3 is 1. The molecule has 1 heterocycles. The molecule has 4 rings (SSSR count). The maximum atomic E-state index is 12.7. The topological polar surface area (TPSA) is 86.4 Å². The van der Waals surface area contributed by atoms with E-state index in [1.54, 1.807) is 0 Å². The van der Waals surface area contributed by atoms with Crippen molar-refractivity contribution in [3.63, 3.8) is 0 Å². The summed E-state index contributed by atoms with van der Waals surface area (Å²) in [6, 6.07) is 19.8. The Hall–Kier alpha value is -3.58. The number of hydrogen-bond acceptors (Lipinski definition) is 6. The van der Waals surface area contributed by atoms with Crippen LogP contribution in [-0.2, 0) is 20.8 Å². The molecule has 0 amide bonds. The maximum absolute atomic E-state index is 12.7. The minimum Gasteiger partial charge on any atom is -0.489 e. The summed E-state index contributed by atoms with van der Waals surface area (Å²) in [5, 5.41) is 5.90. The second-order valence-electron chi connectivity index (χ2n) is 8.70. The van der Waals surface area contributed by atoms with Crippen LogP contribution in [0.2, 0.25) is 0 Å². The molecular formula is C27H31N3O4. The van der Waals surface area contributed by atoms with E-state index in [9.17, 15) is 4.79 Å². The zero-order chi connectivity index (χ0) is 24.1. The number of oxime groups is 1. The fourth-order valence-corrected chi connectivity index (χ4v) is 4.41. The van der Waals surface area contributed by atoms with Crippen molar-refractivity contribution in [2.24, 2.45) is 10.9 Å². The molecule has 0 spiro atoms. The first-order chi connectivity index (χ1) is 16.5. The van der Waals surface area contributed by atoms with Crippen LogP contribution in [0.3, 0.4) is 0 Å². The number of likely N-dealkylation sites (tertiary alicyclic amines) is 1. The highest BCUT2D eigenvalue weighted by Crippen LogP contribution is 2.27. The first kappa shape index (κ1) is 23.6. The zero-order valence-electron chi connectivity index (χ0n) is 19.9.